The number of anilines is 1. The second kappa shape index (κ2) is 9.23. The second-order valence-electron chi connectivity index (χ2n) is 7.14. The summed E-state index contributed by atoms with van der Waals surface area (Å²) in [6, 6.07) is 23.7. The monoisotopic (exact) mass is 414 g/mol. The molecule has 1 heterocycles. The molecular weight excluding hydrogens is 392 g/mol. The Morgan fingerprint density at radius 2 is 1.71 bits per heavy atom. The van der Waals surface area contributed by atoms with Crippen molar-refractivity contribution in [3.8, 4) is 11.3 Å². The number of fused-ring (bicyclic) bond motifs is 1. The predicted octanol–water partition coefficient (Wildman–Crippen LogP) is 2.89. The van der Waals surface area contributed by atoms with Crippen molar-refractivity contribution in [3.63, 3.8) is 0 Å². The van der Waals surface area contributed by atoms with Crippen LogP contribution in [-0.2, 0) is 16.0 Å². The van der Waals surface area contributed by atoms with E-state index in [0.717, 1.165) is 27.6 Å². The van der Waals surface area contributed by atoms with Gasteiger partial charge in [0.05, 0.1) is 18.7 Å². The van der Waals surface area contributed by atoms with E-state index in [4.69, 9.17) is 0 Å². The Morgan fingerprint density at radius 1 is 0.968 bits per heavy atom. The Balaban J connectivity index is 1.40. The van der Waals surface area contributed by atoms with Gasteiger partial charge in [-0.2, -0.15) is 5.10 Å². The van der Waals surface area contributed by atoms with Crippen molar-refractivity contribution in [2.75, 3.05) is 11.9 Å². The Hall–Kier alpha value is -3.97. The highest BCUT2D eigenvalue weighted by molar-refractivity contribution is 5.98. The van der Waals surface area contributed by atoms with Crippen molar-refractivity contribution in [2.24, 2.45) is 0 Å². The van der Waals surface area contributed by atoms with Crippen LogP contribution in [0.15, 0.2) is 78.9 Å². The van der Waals surface area contributed by atoms with Gasteiger partial charge in [-0.3, -0.25) is 14.7 Å². The molecule has 7 nitrogen and oxygen atoms in total. The van der Waals surface area contributed by atoms with Gasteiger partial charge < -0.3 is 15.7 Å². The zero-order valence-corrected chi connectivity index (χ0v) is 16.7. The topological polar surface area (TPSA) is 107 Å². The summed E-state index contributed by atoms with van der Waals surface area (Å²) in [5.41, 5.74) is 2.53. The summed E-state index contributed by atoms with van der Waals surface area (Å²) in [7, 11) is 0. The third kappa shape index (κ3) is 4.79. The number of amides is 2. The molecule has 2 amide bonds. The van der Waals surface area contributed by atoms with Crippen LogP contribution >= 0.6 is 0 Å². The molecule has 0 aliphatic rings. The van der Waals surface area contributed by atoms with Crippen LogP contribution in [0.1, 0.15) is 5.56 Å². The van der Waals surface area contributed by atoms with E-state index in [-0.39, 0.29) is 12.3 Å². The van der Waals surface area contributed by atoms with Crippen LogP contribution in [0, 0.1) is 0 Å². The van der Waals surface area contributed by atoms with E-state index in [2.05, 4.69) is 20.8 Å². The first-order chi connectivity index (χ1) is 15.1. The number of rotatable bonds is 7. The summed E-state index contributed by atoms with van der Waals surface area (Å²) in [5.74, 6) is -0.581. The zero-order valence-electron chi connectivity index (χ0n) is 16.7. The van der Waals surface area contributed by atoms with Crippen molar-refractivity contribution in [3.05, 3.63) is 84.4 Å². The van der Waals surface area contributed by atoms with Crippen LogP contribution in [-0.4, -0.2) is 39.8 Å². The van der Waals surface area contributed by atoms with E-state index < -0.39 is 18.6 Å². The minimum Gasteiger partial charge on any atom is -0.394 e. The lowest BCUT2D eigenvalue weighted by Gasteiger charge is -2.16. The molecular formula is C24H22N4O3. The lowest BCUT2D eigenvalue weighted by atomic mass is 10.0. The molecule has 0 fully saturated rings. The molecule has 156 valence electrons. The third-order valence-corrected chi connectivity index (χ3v) is 4.98. The summed E-state index contributed by atoms with van der Waals surface area (Å²) in [6.45, 7) is -0.525. The van der Waals surface area contributed by atoms with E-state index in [9.17, 15) is 14.7 Å². The maximum atomic E-state index is 12.6. The van der Waals surface area contributed by atoms with Gasteiger partial charge in [-0.05, 0) is 21.9 Å². The van der Waals surface area contributed by atoms with Gasteiger partial charge in [-0.25, -0.2) is 0 Å². The van der Waals surface area contributed by atoms with Gasteiger partial charge in [-0.1, -0.05) is 72.8 Å². The van der Waals surface area contributed by atoms with Gasteiger partial charge in [0.15, 0.2) is 5.82 Å². The number of aromatic nitrogens is 2. The predicted molar refractivity (Wildman–Crippen MR) is 119 cm³/mol. The molecule has 0 aliphatic carbocycles. The Morgan fingerprint density at radius 3 is 2.52 bits per heavy atom. The molecule has 7 heteroatoms. The molecule has 0 bridgehead atoms. The lowest BCUT2D eigenvalue weighted by molar-refractivity contribution is -0.126. The summed E-state index contributed by atoms with van der Waals surface area (Å²) < 4.78 is 0. The molecule has 0 aliphatic heterocycles. The van der Waals surface area contributed by atoms with Crippen molar-refractivity contribution in [2.45, 2.75) is 12.5 Å². The fraction of sp³-hybridized carbons (Fsp3) is 0.125. The maximum absolute atomic E-state index is 12.6. The minimum atomic E-state index is -1.08. The van der Waals surface area contributed by atoms with Crippen molar-refractivity contribution >= 4 is 28.4 Å². The molecule has 0 spiro atoms. The summed E-state index contributed by atoms with van der Waals surface area (Å²) >= 11 is 0. The lowest BCUT2D eigenvalue weighted by Crippen LogP contribution is -2.46. The number of carbonyl (C=O) groups excluding carboxylic acids is 2. The first kappa shape index (κ1) is 20.3. The van der Waals surface area contributed by atoms with Crippen LogP contribution in [0.3, 0.4) is 0 Å². The van der Waals surface area contributed by atoms with Gasteiger partial charge in [-0.15, -0.1) is 0 Å². The number of benzene rings is 3. The number of aromatic amines is 1. The quantitative estimate of drug-likeness (QED) is 0.373. The highest BCUT2D eigenvalue weighted by Crippen LogP contribution is 2.20. The van der Waals surface area contributed by atoms with E-state index in [1.807, 2.05) is 72.8 Å². The van der Waals surface area contributed by atoms with Crippen LogP contribution in [0.2, 0.25) is 0 Å². The summed E-state index contributed by atoms with van der Waals surface area (Å²) in [6.07, 6.45) is 0.103. The van der Waals surface area contributed by atoms with Gasteiger partial charge in [0.25, 0.3) is 5.91 Å². The molecule has 3 aromatic carbocycles. The molecule has 1 atom stereocenters. The van der Waals surface area contributed by atoms with Gasteiger partial charge in [0.2, 0.25) is 5.91 Å². The number of hydrogen-bond acceptors (Lipinski definition) is 4. The standard InChI is InChI=1S/C24H22N4O3/c29-15-21(24(31)26-22-14-20(27-28-22)17-8-2-1-3-9-17)25-23(30)13-18-11-6-10-16-7-4-5-12-19(16)18/h1-12,14,21,29H,13,15H2,(H,25,30)(H2,26,27,28,31). The first-order valence-corrected chi connectivity index (χ1v) is 9.92. The van der Waals surface area contributed by atoms with E-state index in [1.165, 1.54) is 0 Å². The largest absolute Gasteiger partial charge is 0.394 e. The third-order valence-electron chi connectivity index (χ3n) is 4.98. The highest BCUT2D eigenvalue weighted by atomic mass is 16.3. The number of carbonyl (C=O) groups is 2. The fourth-order valence-corrected chi connectivity index (χ4v) is 3.42. The van der Waals surface area contributed by atoms with E-state index >= 15 is 0 Å². The molecule has 0 saturated carbocycles. The summed E-state index contributed by atoms with van der Waals surface area (Å²) in [4.78, 5) is 25.1. The van der Waals surface area contributed by atoms with Crippen molar-refractivity contribution < 1.29 is 14.7 Å². The van der Waals surface area contributed by atoms with Crippen LogP contribution in [0.25, 0.3) is 22.0 Å². The maximum Gasteiger partial charge on any atom is 0.250 e. The SMILES string of the molecule is O=C(Cc1cccc2ccccc12)NC(CO)C(=O)Nc1cc(-c2ccccc2)[nH]n1. The Kier molecular flexibility index (Phi) is 6.05. The zero-order chi connectivity index (χ0) is 21.6. The molecule has 1 unspecified atom stereocenters. The normalized spacial score (nSPS) is 11.8. The number of nitrogens with one attached hydrogen (secondary N) is 3. The molecule has 31 heavy (non-hydrogen) atoms. The average molecular weight is 414 g/mol. The van der Waals surface area contributed by atoms with Gasteiger partial charge in [0, 0.05) is 6.07 Å². The number of aliphatic hydroxyl groups is 1. The number of aliphatic hydroxyl groups excluding tert-OH is 1. The molecule has 4 rings (SSSR count). The first-order valence-electron chi connectivity index (χ1n) is 9.92. The van der Waals surface area contributed by atoms with Crippen LogP contribution in [0.5, 0.6) is 0 Å². The molecule has 4 N–H and O–H groups in total. The Bertz CT molecular complexity index is 1200. The molecule has 1 aromatic heterocycles. The smallest absolute Gasteiger partial charge is 0.250 e. The van der Waals surface area contributed by atoms with Crippen molar-refractivity contribution in [1.82, 2.24) is 15.5 Å². The molecule has 4 aromatic rings. The fourth-order valence-electron chi connectivity index (χ4n) is 3.42. The summed E-state index contributed by atoms with van der Waals surface area (Å²) in [5, 5.41) is 23.8. The highest BCUT2D eigenvalue weighted by Gasteiger charge is 2.21. The number of H-pyrrole nitrogens is 1. The molecule has 0 saturated heterocycles. The van der Waals surface area contributed by atoms with Gasteiger partial charge in [0.1, 0.15) is 6.04 Å². The van der Waals surface area contributed by atoms with Crippen LogP contribution < -0.4 is 10.6 Å². The van der Waals surface area contributed by atoms with Crippen LogP contribution in [0.4, 0.5) is 5.82 Å². The van der Waals surface area contributed by atoms with Gasteiger partial charge >= 0.3 is 0 Å². The number of hydrogen-bond donors (Lipinski definition) is 4. The Labute approximate surface area is 179 Å². The minimum absolute atomic E-state index is 0.103. The van der Waals surface area contributed by atoms with Crippen molar-refractivity contribution in [1.29, 1.82) is 0 Å². The average Bonchev–Trinajstić information content (AvgIpc) is 3.26. The second-order valence-corrected chi connectivity index (χ2v) is 7.14. The van der Waals surface area contributed by atoms with E-state index in [0.29, 0.717) is 5.82 Å². The van der Waals surface area contributed by atoms with E-state index in [1.54, 1.807) is 6.07 Å². The molecule has 0 radical (unpaired) electrons. The number of nitrogens with zero attached hydrogens (tertiary/aromatic N) is 1.